The Morgan fingerprint density at radius 1 is 0.936 bits per heavy atom. The number of β-amino-alcohol motifs (C(OH)–C–C–N with tert-alkyl or cyclic N) is 1. The van der Waals surface area contributed by atoms with Crippen molar-refractivity contribution in [1.82, 2.24) is 9.80 Å². The van der Waals surface area contributed by atoms with E-state index in [4.69, 9.17) is 14.2 Å². The summed E-state index contributed by atoms with van der Waals surface area (Å²) < 4.78 is 90.5. The fourth-order valence-electron chi connectivity index (χ4n) is 6.23. The van der Waals surface area contributed by atoms with Crippen molar-refractivity contribution >= 4 is 27.5 Å². The Morgan fingerprint density at radius 3 is 2.21 bits per heavy atom. The molecule has 1 saturated heterocycles. The van der Waals surface area contributed by atoms with Crippen molar-refractivity contribution in [3.8, 4) is 23.0 Å². The summed E-state index contributed by atoms with van der Waals surface area (Å²) in [6.45, 7) is -0.336. The molecule has 0 aromatic heterocycles. The van der Waals surface area contributed by atoms with Crippen molar-refractivity contribution in [2.24, 2.45) is 0 Å². The number of benzene rings is 3. The molecule has 5 rings (SSSR count). The van der Waals surface area contributed by atoms with Gasteiger partial charge < -0.3 is 29.0 Å². The molecular weight excluding hydrogens is 647 g/mol. The van der Waals surface area contributed by atoms with Gasteiger partial charge in [-0.2, -0.15) is 0 Å². The second-order valence-corrected chi connectivity index (χ2v) is 12.8. The Morgan fingerprint density at radius 2 is 1.60 bits per heavy atom. The molecule has 3 aromatic carbocycles. The van der Waals surface area contributed by atoms with Gasteiger partial charge in [-0.1, -0.05) is 18.2 Å². The molecule has 1 N–H and O–H groups in total. The third-order valence-electron chi connectivity index (χ3n) is 8.13. The number of halogens is 3. The maximum atomic E-state index is 15.2. The van der Waals surface area contributed by atoms with Gasteiger partial charge in [0.1, 0.15) is 27.9 Å². The molecule has 0 spiro atoms. The average molecular weight is 680 g/mol. The van der Waals surface area contributed by atoms with Gasteiger partial charge in [0.25, 0.3) is 15.9 Å². The second-order valence-electron chi connectivity index (χ2n) is 11.0. The van der Waals surface area contributed by atoms with Crippen molar-refractivity contribution in [1.29, 1.82) is 0 Å². The summed E-state index contributed by atoms with van der Waals surface area (Å²) in [7, 11) is 1.91. The fourth-order valence-corrected chi connectivity index (χ4v) is 7.83. The van der Waals surface area contributed by atoms with Crippen LogP contribution in [-0.2, 0) is 25.2 Å². The van der Waals surface area contributed by atoms with Gasteiger partial charge in [0.05, 0.1) is 39.2 Å². The average Bonchev–Trinajstić information content (AvgIpc) is 3.53. The number of ether oxygens (including phenoxy) is 4. The van der Waals surface area contributed by atoms with E-state index in [0.29, 0.717) is 4.31 Å². The van der Waals surface area contributed by atoms with E-state index >= 15 is 4.79 Å². The van der Waals surface area contributed by atoms with Gasteiger partial charge in [0.2, 0.25) is 5.91 Å². The van der Waals surface area contributed by atoms with Crippen molar-refractivity contribution < 1.29 is 55.2 Å². The van der Waals surface area contributed by atoms with Gasteiger partial charge >= 0.3 is 6.36 Å². The molecule has 0 bridgehead atoms. The number of likely N-dealkylation sites (tertiary alicyclic amines) is 1. The largest absolute Gasteiger partial charge is 0.573 e. The van der Waals surface area contributed by atoms with Crippen LogP contribution in [0.3, 0.4) is 0 Å². The Balaban J connectivity index is 1.89. The summed E-state index contributed by atoms with van der Waals surface area (Å²) in [5, 5.41) is 10.9. The van der Waals surface area contributed by atoms with Crippen molar-refractivity contribution in [2.75, 3.05) is 46.3 Å². The molecule has 2 aliphatic rings. The molecule has 12 nitrogen and oxygen atoms in total. The van der Waals surface area contributed by atoms with Gasteiger partial charge in [-0.15, -0.1) is 13.2 Å². The first-order chi connectivity index (χ1) is 22.1. The zero-order valence-electron chi connectivity index (χ0n) is 25.9. The number of carbonyl (C=O) groups excluding carboxylic acids is 2. The van der Waals surface area contributed by atoms with Crippen LogP contribution >= 0.6 is 0 Å². The van der Waals surface area contributed by atoms with Gasteiger partial charge in [-0.05, 0) is 42.8 Å². The smallest absolute Gasteiger partial charge is 0.497 e. The number of alkyl halides is 3. The van der Waals surface area contributed by atoms with Gasteiger partial charge in [0, 0.05) is 37.8 Å². The molecule has 16 heteroatoms. The first-order valence-corrected chi connectivity index (χ1v) is 15.6. The number of aliphatic hydroxyl groups is 1. The van der Waals surface area contributed by atoms with Crippen LogP contribution in [0.5, 0.6) is 23.0 Å². The van der Waals surface area contributed by atoms with Crippen LogP contribution in [0.2, 0.25) is 0 Å². The summed E-state index contributed by atoms with van der Waals surface area (Å²) in [4.78, 5) is 30.9. The molecule has 0 radical (unpaired) electrons. The number of nitrogens with zero attached hydrogens (tertiary/aromatic N) is 3. The molecule has 0 saturated carbocycles. The number of likely N-dealkylation sites (N-methyl/N-ethyl adjacent to an activating group) is 1. The molecule has 0 aliphatic carbocycles. The van der Waals surface area contributed by atoms with Crippen molar-refractivity contribution in [3.63, 3.8) is 0 Å². The first kappa shape index (κ1) is 33.8. The minimum atomic E-state index is -5.14. The monoisotopic (exact) mass is 679 g/mol. The Kier molecular flexibility index (Phi) is 8.81. The quantitative estimate of drug-likeness (QED) is 0.360. The van der Waals surface area contributed by atoms with Crippen LogP contribution in [0.25, 0.3) is 0 Å². The standard InChI is InChI=1S/C31H32F3N3O9S/c1-35(2)28(39)24-14-18(38)17-36(24)30(21-8-6-7-9-25(21)44-4)22-15-20(46-31(32,33)34)10-12-23(22)37(29(30)40)47(41,42)27-13-11-19(43-3)16-26(27)45-5/h6-13,15-16,18,24,38H,14,17H2,1-5H3/t18-,24+,30+/m1/s1. The van der Waals surface area contributed by atoms with Crippen LogP contribution in [0.4, 0.5) is 18.9 Å². The molecule has 47 heavy (non-hydrogen) atoms. The van der Waals surface area contributed by atoms with Crippen LogP contribution in [0.1, 0.15) is 17.5 Å². The Hall–Kier alpha value is -4.54. The lowest BCUT2D eigenvalue weighted by Crippen LogP contribution is -2.59. The van der Waals surface area contributed by atoms with E-state index in [-0.39, 0.29) is 47.0 Å². The maximum Gasteiger partial charge on any atom is 0.573 e. The van der Waals surface area contributed by atoms with Gasteiger partial charge in [-0.3, -0.25) is 14.5 Å². The van der Waals surface area contributed by atoms with E-state index in [9.17, 15) is 31.5 Å². The number of anilines is 1. The predicted octanol–water partition coefficient (Wildman–Crippen LogP) is 3.11. The van der Waals surface area contributed by atoms with Crippen LogP contribution < -0.4 is 23.3 Å². The lowest BCUT2D eigenvalue weighted by Gasteiger charge is -2.42. The third kappa shape index (κ3) is 5.59. The van der Waals surface area contributed by atoms with E-state index in [0.717, 1.165) is 18.2 Å². The number of hydrogen-bond acceptors (Lipinski definition) is 10. The summed E-state index contributed by atoms with van der Waals surface area (Å²) in [5.41, 5.74) is -2.88. The minimum absolute atomic E-state index is 0.0166. The summed E-state index contributed by atoms with van der Waals surface area (Å²) in [5.74, 6) is -2.31. The van der Waals surface area contributed by atoms with Crippen molar-refractivity contribution in [2.45, 2.75) is 35.4 Å². The third-order valence-corrected chi connectivity index (χ3v) is 9.86. The van der Waals surface area contributed by atoms with Crippen molar-refractivity contribution in [3.05, 3.63) is 71.8 Å². The topological polar surface area (TPSA) is 135 Å². The zero-order valence-corrected chi connectivity index (χ0v) is 26.8. The number of methoxy groups -OCH3 is 3. The summed E-state index contributed by atoms with van der Waals surface area (Å²) >= 11 is 0. The molecular formula is C31H32F3N3O9S. The number of hydrogen-bond donors (Lipinski definition) is 1. The molecule has 0 unspecified atom stereocenters. The number of aliphatic hydroxyl groups excluding tert-OH is 1. The van der Waals surface area contributed by atoms with Gasteiger partial charge in [-0.25, -0.2) is 12.7 Å². The summed E-state index contributed by atoms with van der Waals surface area (Å²) in [6, 6.07) is 11.5. The van der Waals surface area contributed by atoms with Gasteiger partial charge in [0.15, 0.2) is 5.54 Å². The number of rotatable bonds is 9. The molecule has 2 aliphatic heterocycles. The SMILES string of the molecule is COc1ccc(S(=O)(=O)N2C(=O)[C@@](c3ccccc3OC)(N3C[C@H](O)C[C@H]3C(=O)N(C)C)c3cc(OC(F)(F)F)ccc32)c(OC)c1. The maximum absolute atomic E-state index is 15.2. The number of amides is 2. The van der Waals surface area contributed by atoms with E-state index < -0.39 is 56.5 Å². The minimum Gasteiger partial charge on any atom is -0.497 e. The Bertz CT molecular complexity index is 1820. The van der Waals surface area contributed by atoms with Crippen LogP contribution in [0, 0.1) is 0 Å². The first-order valence-electron chi connectivity index (χ1n) is 14.1. The second kappa shape index (κ2) is 12.2. The lowest BCUT2D eigenvalue weighted by molar-refractivity contribution is -0.274. The fraction of sp³-hybridized carbons (Fsp3) is 0.355. The highest BCUT2D eigenvalue weighted by molar-refractivity contribution is 7.93. The highest BCUT2D eigenvalue weighted by atomic mass is 32.2. The predicted molar refractivity (Wildman–Crippen MR) is 161 cm³/mol. The van der Waals surface area contributed by atoms with E-state index in [1.807, 2.05) is 0 Å². The van der Waals surface area contributed by atoms with E-state index in [1.54, 1.807) is 6.07 Å². The zero-order chi connectivity index (χ0) is 34.5. The van der Waals surface area contributed by atoms with E-state index in [1.165, 1.54) is 81.6 Å². The molecule has 2 heterocycles. The van der Waals surface area contributed by atoms with Crippen LogP contribution in [-0.4, -0.2) is 95.6 Å². The number of sulfonamides is 1. The highest BCUT2D eigenvalue weighted by Gasteiger charge is 2.64. The number of para-hydroxylation sites is 1. The molecule has 3 aromatic rings. The molecule has 2 amide bonds. The lowest BCUT2D eigenvalue weighted by atomic mass is 9.80. The number of fused-ring (bicyclic) bond motifs is 1. The molecule has 3 atom stereocenters. The van der Waals surface area contributed by atoms with Crippen LogP contribution in [0.15, 0.2) is 65.6 Å². The normalized spacial score (nSPS) is 21.4. The number of carbonyl (C=O) groups is 2. The molecule has 1 fully saturated rings. The van der Waals surface area contributed by atoms with E-state index in [2.05, 4.69) is 4.74 Å². The Labute approximate surface area is 268 Å². The summed E-state index contributed by atoms with van der Waals surface area (Å²) in [6.07, 6.45) is -6.47. The highest BCUT2D eigenvalue weighted by Crippen LogP contribution is 2.55. The molecule has 252 valence electrons.